The lowest BCUT2D eigenvalue weighted by Crippen LogP contribution is -2.28. The molecular weight excluding hydrogens is 949 g/mol. The van der Waals surface area contributed by atoms with E-state index >= 15 is 0 Å². The molecule has 0 atom stereocenters. The van der Waals surface area contributed by atoms with Gasteiger partial charge in [-0.25, -0.2) is 0 Å². The van der Waals surface area contributed by atoms with Crippen LogP contribution in [-0.2, 0) is 10.8 Å². The van der Waals surface area contributed by atoms with Gasteiger partial charge in [0, 0.05) is 5.41 Å². The van der Waals surface area contributed by atoms with Gasteiger partial charge in [-0.05, 0) is 154 Å². The molecule has 12 aromatic rings. The molecule has 0 amide bonds. The van der Waals surface area contributed by atoms with Crippen molar-refractivity contribution in [3.05, 3.63) is 394 Å². The van der Waals surface area contributed by atoms with E-state index in [2.05, 4.69) is 341 Å². The molecule has 374 valence electrons. The van der Waals surface area contributed by atoms with Crippen molar-refractivity contribution in [3.8, 4) is 33.4 Å². The van der Waals surface area contributed by atoms with E-state index in [0.717, 1.165) is 11.1 Å². The molecule has 13 rings (SSSR count). The summed E-state index contributed by atoms with van der Waals surface area (Å²) in [5.41, 5.74) is 24.2. The van der Waals surface area contributed by atoms with Crippen LogP contribution in [0.3, 0.4) is 0 Å². The molecule has 1 aliphatic rings. The Morgan fingerprint density at radius 2 is 0.620 bits per heavy atom. The van der Waals surface area contributed by atoms with Crippen LogP contribution >= 0.6 is 0 Å². The van der Waals surface area contributed by atoms with Gasteiger partial charge >= 0.3 is 0 Å². The van der Waals surface area contributed by atoms with Crippen LogP contribution in [0.5, 0.6) is 0 Å². The summed E-state index contributed by atoms with van der Waals surface area (Å²) in [6.45, 7) is 2.41. The summed E-state index contributed by atoms with van der Waals surface area (Å²) in [7, 11) is 0. The second kappa shape index (κ2) is 21.3. The molecule has 0 aliphatic heterocycles. The molecule has 0 spiro atoms. The number of hydrogen-bond donors (Lipinski definition) is 0. The van der Waals surface area contributed by atoms with Gasteiger partial charge in [0.1, 0.15) is 0 Å². The molecule has 79 heavy (non-hydrogen) atoms. The minimum absolute atomic E-state index is 0.521. The van der Waals surface area contributed by atoms with Gasteiger partial charge in [-0.15, -0.1) is 0 Å². The van der Waals surface area contributed by atoms with E-state index < -0.39 is 10.8 Å². The van der Waals surface area contributed by atoms with Crippen molar-refractivity contribution in [2.75, 3.05) is 0 Å². The molecule has 0 N–H and O–H groups in total. The highest BCUT2D eigenvalue weighted by Gasteiger charge is 2.46. The highest BCUT2D eigenvalue weighted by molar-refractivity contribution is 5.95. The van der Waals surface area contributed by atoms with Crippen molar-refractivity contribution < 1.29 is 0 Å². The molecule has 0 nitrogen and oxygen atoms in total. The monoisotopic (exact) mass is 1010 g/mol. The molecule has 1 aliphatic carbocycles. The van der Waals surface area contributed by atoms with Crippen LogP contribution in [0.1, 0.15) is 79.2 Å². The van der Waals surface area contributed by atoms with E-state index in [0.29, 0.717) is 0 Å². The Morgan fingerprint density at radius 1 is 0.291 bits per heavy atom. The van der Waals surface area contributed by atoms with E-state index in [1.54, 1.807) is 0 Å². The van der Waals surface area contributed by atoms with Crippen LogP contribution in [0, 0.1) is 0 Å². The highest BCUT2D eigenvalue weighted by atomic mass is 14.5. The van der Waals surface area contributed by atoms with Crippen LogP contribution in [-0.4, -0.2) is 0 Å². The predicted octanol–water partition coefficient (Wildman–Crippen LogP) is 19.9. The molecule has 0 unspecified atom stereocenters. The lowest BCUT2D eigenvalue weighted by Gasteiger charge is -2.35. The minimum Gasteiger partial charge on any atom is -0.0622 e. The quantitative estimate of drug-likeness (QED) is 0.0798. The first-order chi connectivity index (χ1) is 39.1. The third kappa shape index (κ3) is 9.08. The number of rotatable bonds is 13. The smallest absolute Gasteiger partial charge is 0.0622 e. The molecular formula is C79H58. The van der Waals surface area contributed by atoms with Gasteiger partial charge in [-0.2, -0.15) is 0 Å². The van der Waals surface area contributed by atoms with Crippen molar-refractivity contribution >= 4 is 23.3 Å². The highest BCUT2D eigenvalue weighted by Crippen LogP contribution is 2.57. The fraction of sp³-hybridized carbons (Fsp3) is 0.0380. The van der Waals surface area contributed by atoms with Crippen molar-refractivity contribution in [2.24, 2.45) is 0 Å². The van der Waals surface area contributed by atoms with Crippen LogP contribution in [0.15, 0.2) is 322 Å². The predicted molar refractivity (Wildman–Crippen MR) is 333 cm³/mol. The maximum atomic E-state index is 2.50. The normalized spacial score (nSPS) is 12.2. The number of hydrogen-bond acceptors (Lipinski definition) is 0. The van der Waals surface area contributed by atoms with Crippen molar-refractivity contribution in [1.82, 2.24) is 0 Å². The SMILES string of the molecule is CC(c1ccccc1)(c1ccccc1)c1cc(-c2ccc3c(c2)C(c2ccccc2)(c2ccccc2)c2cc(C=C(c4ccccc4)c4ccccc4)ccc2-3)ccc1-c1ccc(C=C(c2ccccc2)c2ccccc2)cc1. The first-order valence-electron chi connectivity index (χ1n) is 27.5. The molecule has 0 saturated heterocycles. The number of fused-ring (bicyclic) bond motifs is 3. The second-order valence-electron chi connectivity index (χ2n) is 20.9. The second-order valence-corrected chi connectivity index (χ2v) is 20.9. The fourth-order valence-corrected chi connectivity index (χ4v) is 12.4. The Labute approximate surface area is 465 Å². The maximum Gasteiger partial charge on any atom is 0.0713 e. The van der Waals surface area contributed by atoms with Gasteiger partial charge < -0.3 is 0 Å². The minimum atomic E-state index is -0.616. The van der Waals surface area contributed by atoms with E-state index in [9.17, 15) is 0 Å². The largest absolute Gasteiger partial charge is 0.0713 e. The summed E-state index contributed by atoms with van der Waals surface area (Å²) in [4.78, 5) is 0. The van der Waals surface area contributed by atoms with Crippen LogP contribution in [0.25, 0.3) is 56.7 Å². The van der Waals surface area contributed by atoms with Gasteiger partial charge in [-0.3, -0.25) is 0 Å². The average Bonchev–Trinajstić information content (AvgIpc) is 3.93. The van der Waals surface area contributed by atoms with E-state index in [-0.39, 0.29) is 0 Å². The van der Waals surface area contributed by atoms with Gasteiger partial charge in [0.2, 0.25) is 0 Å². The Bertz CT molecular complexity index is 3940. The molecule has 12 aromatic carbocycles. The van der Waals surface area contributed by atoms with E-state index in [1.165, 1.54) is 106 Å². The molecule has 0 heterocycles. The van der Waals surface area contributed by atoms with Crippen LogP contribution in [0.4, 0.5) is 0 Å². The lowest BCUT2D eigenvalue weighted by atomic mass is 9.67. The Kier molecular flexibility index (Phi) is 13.1. The zero-order chi connectivity index (χ0) is 53.0. The zero-order valence-electron chi connectivity index (χ0n) is 44.3. The van der Waals surface area contributed by atoms with Crippen molar-refractivity contribution in [1.29, 1.82) is 0 Å². The molecule has 0 radical (unpaired) electrons. The average molecular weight is 1010 g/mol. The first kappa shape index (κ1) is 48.7. The molecule has 0 fully saturated rings. The third-order valence-electron chi connectivity index (χ3n) is 16.4. The summed E-state index contributed by atoms with van der Waals surface area (Å²) in [6, 6.07) is 118. The molecule has 0 aromatic heterocycles. The van der Waals surface area contributed by atoms with Crippen molar-refractivity contribution in [3.63, 3.8) is 0 Å². The fourth-order valence-electron chi connectivity index (χ4n) is 12.4. The van der Waals surface area contributed by atoms with E-state index in [1.807, 2.05) is 0 Å². The molecule has 0 bridgehead atoms. The standard InChI is InChI=1S/C79H58/c1-78(66-34-18-6-19-35-66,67-36-20-7-21-37-67)75-55-64(47-50-70(75)63-45-42-57(43-46-63)52-73(59-26-10-2-11-27-59)60-28-12-3-13-29-60)65-48-51-72-71-49-44-58(53-74(61-30-14-4-15-31-61)62-32-16-5-17-33-62)54-76(71)79(77(72)56-65,68-38-22-8-23-39-68)69-40-24-9-25-41-69/h2-56H,1H3. The summed E-state index contributed by atoms with van der Waals surface area (Å²) in [6.07, 6.45) is 4.69. The molecule has 0 heteroatoms. The van der Waals surface area contributed by atoms with E-state index in [4.69, 9.17) is 0 Å². The first-order valence-corrected chi connectivity index (χ1v) is 27.5. The lowest BCUT2D eigenvalue weighted by molar-refractivity contribution is 0.695. The Morgan fingerprint density at radius 3 is 1.06 bits per heavy atom. The maximum absolute atomic E-state index is 2.50. The number of benzene rings is 12. The van der Waals surface area contributed by atoms with Gasteiger partial charge in [0.25, 0.3) is 0 Å². The Balaban J connectivity index is 0.998. The Hall–Kier alpha value is -9.88. The zero-order valence-corrected chi connectivity index (χ0v) is 44.3. The summed E-state index contributed by atoms with van der Waals surface area (Å²) >= 11 is 0. The van der Waals surface area contributed by atoms with Gasteiger partial charge in [0.05, 0.1) is 5.41 Å². The topological polar surface area (TPSA) is 0 Å². The summed E-state index contributed by atoms with van der Waals surface area (Å²) in [5.74, 6) is 0. The summed E-state index contributed by atoms with van der Waals surface area (Å²) < 4.78 is 0. The van der Waals surface area contributed by atoms with Crippen LogP contribution < -0.4 is 0 Å². The van der Waals surface area contributed by atoms with Crippen LogP contribution in [0.2, 0.25) is 0 Å². The third-order valence-corrected chi connectivity index (χ3v) is 16.4. The van der Waals surface area contributed by atoms with Crippen molar-refractivity contribution in [2.45, 2.75) is 17.8 Å². The molecule has 0 saturated carbocycles. The summed E-state index contributed by atoms with van der Waals surface area (Å²) in [5, 5.41) is 0. The van der Waals surface area contributed by atoms with Gasteiger partial charge in [-0.1, -0.05) is 303 Å². The van der Waals surface area contributed by atoms with Gasteiger partial charge in [0.15, 0.2) is 0 Å².